The minimum Gasteiger partial charge on any atom is -0.493 e. The molecule has 0 saturated heterocycles. The van der Waals surface area contributed by atoms with Crippen molar-refractivity contribution in [1.29, 1.82) is 0 Å². The number of halogens is 4. The van der Waals surface area contributed by atoms with Gasteiger partial charge in [-0.25, -0.2) is 9.97 Å². The zero-order valence-electron chi connectivity index (χ0n) is 15.8. The van der Waals surface area contributed by atoms with Crippen molar-refractivity contribution in [3.8, 4) is 11.5 Å². The molecule has 1 atom stereocenters. The average Bonchev–Trinajstić information content (AvgIpc) is 2.65. The molecule has 154 valence electrons. The maximum absolute atomic E-state index is 13.1. The monoisotopic (exact) mass is 426 g/mol. The van der Waals surface area contributed by atoms with Gasteiger partial charge in [0.25, 0.3) is 0 Å². The van der Waals surface area contributed by atoms with E-state index in [2.05, 4.69) is 15.3 Å². The molecule has 3 rings (SSSR count). The van der Waals surface area contributed by atoms with Gasteiger partial charge in [-0.1, -0.05) is 0 Å². The predicted molar refractivity (Wildman–Crippen MR) is 106 cm³/mol. The average molecular weight is 427 g/mol. The molecule has 0 aliphatic rings. The van der Waals surface area contributed by atoms with Gasteiger partial charge in [0, 0.05) is 17.1 Å². The Bertz CT molecular complexity index is 1060. The van der Waals surface area contributed by atoms with Crippen molar-refractivity contribution < 1.29 is 22.6 Å². The van der Waals surface area contributed by atoms with Gasteiger partial charge in [0.15, 0.2) is 11.5 Å². The third-order valence-corrected chi connectivity index (χ3v) is 4.50. The van der Waals surface area contributed by atoms with Crippen molar-refractivity contribution in [2.75, 3.05) is 25.3 Å². The summed E-state index contributed by atoms with van der Waals surface area (Å²) < 4.78 is 49.9. The van der Waals surface area contributed by atoms with Crippen LogP contribution in [0.4, 0.5) is 24.7 Å². The molecule has 3 aromatic rings. The van der Waals surface area contributed by atoms with Crippen molar-refractivity contribution in [3.63, 3.8) is 0 Å². The number of methoxy groups -OCH3 is 2. The second-order valence-corrected chi connectivity index (χ2v) is 6.66. The first-order valence-electron chi connectivity index (χ1n) is 8.46. The van der Waals surface area contributed by atoms with E-state index in [0.717, 1.165) is 12.1 Å². The van der Waals surface area contributed by atoms with Crippen LogP contribution in [0.3, 0.4) is 0 Å². The molecule has 0 bridgehead atoms. The van der Waals surface area contributed by atoms with Crippen molar-refractivity contribution in [2.24, 2.45) is 0 Å². The van der Waals surface area contributed by atoms with Crippen LogP contribution in [0.5, 0.6) is 11.5 Å². The molecule has 0 aliphatic heterocycles. The van der Waals surface area contributed by atoms with Gasteiger partial charge in [0.2, 0.25) is 5.28 Å². The summed E-state index contributed by atoms with van der Waals surface area (Å²) in [4.78, 5) is 8.36. The van der Waals surface area contributed by atoms with Crippen molar-refractivity contribution in [1.82, 2.24) is 9.97 Å². The Morgan fingerprint density at radius 1 is 1.03 bits per heavy atom. The Hall–Kier alpha value is -2.94. The van der Waals surface area contributed by atoms with E-state index in [1.165, 1.54) is 20.3 Å². The molecular weight excluding hydrogens is 409 g/mol. The second kappa shape index (κ2) is 7.82. The van der Waals surface area contributed by atoms with Gasteiger partial charge in [-0.15, -0.1) is 0 Å². The number of fused-ring (bicyclic) bond motifs is 1. The van der Waals surface area contributed by atoms with Crippen LogP contribution in [0.25, 0.3) is 10.9 Å². The molecule has 0 saturated carbocycles. The Balaban J connectivity index is 2.05. The predicted octanol–water partition coefficient (Wildman–Crippen LogP) is 5.07. The molecule has 0 amide bonds. The molecule has 0 unspecified atom stereocenters. The maximum atomic E-state index is 13.1. The van der Waals surface area contributed by atoms with Crippen LogP contribution >= 0.6 is 11.6 Å². The van der Waals surface area contributed by atoms with E-state index in [1.54, 1.807) is 19.1 Å². The fraction of sp³-hybridized carbons (Fsp3) is 0.263. The largest absolute Gasteiger partial charge is 0.493 e. The van der Waals surface area contributed by atoms with E-state index in [-0.39, 0.29) is 11.0 Å². The highest BCUT2D eigenvalue weighted by atomic mass is 35.5. The Morgan fingerprint density at radius 2 is 1.69 bits per heavy atom. The van der Waals surface area contributed by atoms with Crippen molar-refractivity contribution >= 4 is 34.0 Å². The normalized spacial score (nSPS) is 12.7. The number of nitrogen functional groups attached to an aromatic ring is 1. The molecule has 0 spiro atoms. The number of hydrogen-bond donors (Lipinski definition) is 2. The fourth-order valence-corrected chi connectivity index (χ4v) is 3.09. The highest BCUT2D eigenvalue weighted by molar-refractivity contribution is 6.28. The fourth-order valence-electron chi connectivity index (χ4n) is 2.92. The molecule has 1 heterocycles. The number of nitrogens with two attached hydrogens (primary N) is 1. The summed E-state index contributed by atoms with van der Waals surface area (Å²) >= 11 is 6.03. The lowest BCUT2D eigenvalue weighted by Gasteiger charge is -2.19. The van der Waals surface area contributed by atoms with Gasteiger partial charge in [0.05, 0.1) is 31.3 Å². The van der Waals surface area contributed by atoms with E-state index >= 15 is 0 Å². The number of hydrogen-bond acceptors (Lipinski definition) is 6. The van der Waals surface area contributed by atoms with Crippen LogP contribution in [-0.2, 0) is 6.18 Å². The highest BCUT2D eigenvalue weighted by Crippen LogP contribution is 2.37. The van der Waals surface area contributed by atoms with Gasteiger partial charge in [0.1, 0.15) is 5.82 Å². The summed E-state index contributed by atoms with van der Waals surface area (Å²) in [5, 5.41) is 3.63. The summed E-state index contributed by atoms with van der Waals surface area (Å²) in [6.45, 7) is 1.69. The van der Waals surface area contributed by atoms with Gasteiger partial charge in [-0.3, -0.25) is 0 Å². The molecular formula is C19H18ClF3N4O2. The lowest BCUT2D eigenvalue weighted by Crippen LogP contribution is -2.12. The molecule has 6 nitrogen and oxygen atoms in total. The number of benzene rings is 2. The summed E-state index contributed by atoms with van der Waals surface area (Å²) in [6, 6.07) is 6.16. The highest BCUT2D eigenvalue weighted by Gasteiger charge is 2.31. The minimum absolute atomic E-state index is 0.0143. The van der Waals surface area contributed by atoms with Gasteiger partial charge in [-0.2, -0.15) is 13.2 Å². The number of aromatic nitrogens is 2. The number of nitrogens with one attached hydrogen (secondary N) is 1. The van der Waals surface area contributed by atoms with Crippen LogP contribution in [0.2, 0.25) is 5.28 Å². The summed E-state index contributed by atoms with van der Waals surface area (Å²) in [6.07, 6.45) is -4.50. The minimum atomic E-state index is -4.50. The lowest BCUT2D eigenvalue weighted by atomic mass is 10.0. The van der Waals surface area contributed by atoms with Crippen LogP contribution < -0.4 is 20.5 Å². The summed E-state index contributed by atoms with van der Waals surface area (Å²) in [7, 11) is 2.98. The van der Waals surface area contributed by atoms with Crippen LogP contribution in [-0.4, -0.2) is 24.2 Å². The number of rotatable bonds is 5. The van der Waals surface area contributed by atoms with Crippen LogP contribution in [0.1, 0.15) is 24.1 Å². The third-order valence-electron chi connectivity index (χ3n) is 4.33. The van der Waals surface area contributed by atoms with Gasteiger partial charge < -0.3 is 20.5 Å². The van der Waals surface area contributed by atoms with Crippen LogP contribution in [0, 0.1) is 0 Å². The van der Waals surface area contributed by atoms with E-state index in [0.29, 0.717) is 33.8 Å². The van der Waals surface area contributed by atoms with E-state index in [9.17, 15) is 13.2 Å². The smallest absolute Gasteiger partial charge is 0.416 e. The Kier molecular flexibility index (Phi) is 5.61. The third kappa shape index (κ3) is 4.40. The SMILES string of the molecule is COc1cc2nc(Cl)nc(N[C@H](C)c3cc(N)cc(C(F)(F)F)c3)c2cc1OC. The molecule has 10 heteroatoms. The maximum Gasteiger partial charge on any atom is 0.416 e. The number of ether oxygens (including phenoxy) is 2. The first kappa shape index (κ1) is 20.8. The van der Waals surface area contributed by atoms with Crippen LogP contribution in [0.15, 0.2) is 30.3 Å². The van der Waals surface area contributed by atoms with Gasteiger partial charge in [-0.05, 0) is 48.4 Å². The number of alkyl halides is 3. The molecule has 1 aromatic heterocycles. The van der Waals surface area contributed by atoms with Gasteiger partial charge >= 0.3 is 6.18 Å². The van der Waals surface area contributed by atoms with E-state index in [4.69, 9.17) is 26.8 Å². The molecule has 0 fully saturated rings. The summed E-state index contributed by atoms with van der Waals surface area (Å²) in [5.74, 6) is 1.24. The van der Waals surface area contributed by atoms with Crippen molar-refractivity contribution in [3.05, 3.63) is 46.7 Å². The molecule has 29 heavy (non-hydrogen) atoms. The van der Waals surface area contributed by atoms with E-state index in [1.807, 2.05) is 0 Å². The lowest BCUT2D eigenvalue weighted by molar-refractivity contribution is -0.137. The molecule has 0 aliphatic carbocycles. The standard InChI is InChI=1S/C19H18ClF3N4O2/c1-9(10-4-11(19(21,22)23)6-12(24)5-10)25-17-13-7-15(28-2)16(29-3)8-14(13)26-18(20)27-17/h4-9H,24H2,1-3H3,(H,25,26,27)/t9-/m1/s1. The molecule has 3 N–H and O–H groups in total. The quantitative estimate of drug-likeness (QED) is 0.437. The zero-order chi connectivity index (χ0) is 21.3. The first-order chi connectivity index (χ1) is 13.6. The Morgan fingerprint density at radius 3 is 2.31 bits per heavy atom. The topological polar surface area (TPSA) is 82.3 Å². The molecule has 0 radical (unpaired) electrons. The number of anilines is 2. The molecule has 2 aromatic carbocycles. The van der Waals surface area contributed by atoms with Crippen molar-refractivity contribution in [2.45, 2.75) is 19.1 Å². The zero-order valence-corrected chi connectivity index (χ0v) is 16.5. The summed E-state index contributed by atoms with van der Waals surface area (Å²) in [5.41, 5.74) is 5.69. The first-order valence-corrected chi connectivity index (χ1v) is 8.83. The van der Waals surface area contributed by atoms with E-state index < -0.39 is 17.8 Å². The second-order valence-electron chi connectivity index (χ2n) is 6.32. The number of nitrogens with zero attached hydrogens (tertiary/aromatic N) is 2. The Labute approximate surface area is 169 Å².